The molecule has 1 aliphatic rings. The van der Waals surface area contributed by atoms with Gasteiger partial charge in [-0.15, -0.1) is 0 Å². The second kappa shape index (κ2) is 8.90. The van der Waals surface area contributed by atoms with Crippen LogP contribution >= 0.6 is 0 Å². The highest BCUT2D eigenvalue weighted by atomic mass is 16.6. The SMILES string of the molecule is CCN(Cc1ccccc1C#N)C(=O)C1CCCN(C(=O)OC(C)(C)C)C1. The third-order valence-corrected chi connectivity index (χ3v) is 4.61. The number of piperidine rings is 1. The van der Waals surface area contributed by atoms with Crippen LogP contribution in [0.25, 0.3) is 0 Å². The van der Waals surface area contributed by atoms with E-state index in [-0.39, 0.29) is 17.9 Å². The maximum absolute atomic E-state index is 13.1. The Balaban J connectivity index is 2.06. The Bertz CT molecular complexity index is 718. The lowest BCUT2D eigenvalue weighted by Gasteiger charge is -2.35. The van der Waals surface area contributed by atoms with E-state index in [0.29, 0.717) is 31.7 Å². The largest absolute Gasteiger partial charge is 0.444 e. The van der Waals surface area contributed by atoms with Gasteiger partial charge in [0.1, 0.15) is 5.60 Å². The average molecular weight is 371 g/mol. The van der Waals surface area contributed by atoms with E-state index in [9.17, 15) is 14.9 Å². The predicted octanol–water partition coefficient (Wildman–Crippen LogP) is 3.55. The number of hydrogen-bond acceptors (Lipinski definition) is 4. The van der Waals surface area contributed by atoms with Gasteiger partial charge in [0.15, 0.2) is 0 Å². The zero-order valence-electron chi connectivity index (χ0n) is 16.7. The van der Waals surface area contributed by atoms with Gasteiger partial charge >= 0.3 is 6.09 Å². The molecule has 1 heterocycles. The van der Waals surface area contributed by atoms with Crippen LogP contribution < -0.4 is 0 Å². The van der Waals surface area contributed by atoms with Crippen molar-refractivity contribution < 1.29 is 14.3 Å². The summed E-state index contributed by atoms with van der Waals surface area (Å²) in [5.41, 5.74) is 0.877. The number of carbonyl (C=O) groups is 2. The van der Waals surface area contributed by atoms with E-state index in [1.54, 1.807) is 15.9 Å². The number of ether oxygens (including phenoxy) is 1. The van der Waals surface area contributed by atoms with Gasteiger partial charge < -0.3 is 14.5 Å². The van der Waals surface area contributed by atoms with Crippen LogP contribution in [0.15, 0.2) is 24.3 Å². The molecule has 146 valence electrons. The summed E-state index contributed by atoms with van der Waals surface area (Å²) in [5.74, 6) is -0.209. The van der Waals surface area contributed by atoms with Crippen LogP contribution in [0.5, 0.6) is 0 Å². The fraction of sp³-hybridized carbons (Fsp3) is 0.571. The molecule has 2 rings (SSSR count). The lowest BCUT2D eigenvalue weighted by atomic mass is 9.96. The number of amides is 2. The van der Waals surface area contributed by atoms with Crippen molar-refractivity contribution in [1.82, 2.24) is 9.80 Å². The fourth-order valence-corrected chi connectivity index (χ4v) is 3.25. The molecule has 6 nitrogen and oxygen atoms in total. The Kier molecular flexibility index (Phi) is 6.84. The number of carbonyl (C=O) groups excluding carboxylic acids is 2. The van der Waals surface area contributed by atoms with E-state index in [0.717, 1.165) is 18.4 Å². The smallest absolute Gasteiger partial charge is 0.410 e. The van der Waals surface area contributed by atoms with Crippen LogP contribution in [-0.2, 0) is 16.1 Å². The molecule has 0 aliphatic carbocycles. The standard InChI is InChI=1S/C21H29N3O3/c1-5-23(14-17-10-7-6-9-16(17)13-22)19(25)18-11-8-12-24(15-18)20(26)27-21(2,3)4/h6-7,9-10,18H,5,8,11-12,14-15H2,1-4H3. The minimum absolute atomic E-state index is 0.0264. The minimum atomic E-state index is -0.551. The molecule has 0 N–H and O–H groups in total. The van der Waals surface area contributed by atoms with Crippen molar-refractivity contribution in [2.24, 2.45) is 5.92 Å². The minimum Gasteiger partial charge on any atom is -0.444 e. The van der Waals surface area contributed by atoms with Gasteiger partial charge in [-0.1, -0.05) is 18.2 Å². The monoisotopic (exact) mass is 371 g/mol. The summed E-state index contributed by atoms with van der Waals surface area (Å²) in [4.78, 5) is 28.8. The van der Waals surface area contributed by atoms with Gasteiger partial charge in [-0.25, -0.2) is 4.79 Å². The Hall–Kier alpha value is -2.55. The third kappa shape index (κ3) is 5.72. The second-order valence-electron chi connectivity index (χ2n) is 7.89. The van der Waals surface area contributed by atoms with Crippen LogP contribution in [0.4, 0.5) is 4.79 Å². The van der Waals surface area contributed by atoms with Crippen LogP contribution in [0.3, 0.4) is 0 Å². The molecular formula is C21H29N3O3. The zero-order valence-corrected chi connectivity index (χ0v) is 16.7. The van der Waals surface area contributed by atoms with Crippen molar-refractivity contribution in [3.05, 3.63) is 35.4 Å². The van der Waals surface area contributed by atoms with Gasteiger partial charge in [0.05, 0.1) is 17.6 Å². The van der Waals surface area contributed by atoms with E-state index >= 15 is 0 Å². The summed E-state index contributed by atoms with van der Waals surface area (Å²) in [6.07, 6.45) is 1.18. The van der Waals surface area contributed by atoms with Gasteiger partial charge in [-0.3, -0.25) is 4.79 Å². The molecule has 1 unspecified atom stereocenters. The summed E-state index contributed by atoms with van der Waals surface area (Å²) in [5, 5.41) is 9.27. The second-order valence-corrected chi connectivity index (χ2v) is 7.89. The predicted molar refractivity (Wildman–Crippen MR) is 103 cm³/mol. The average Bonchev–Trinajstić information content (AvgIpc) is 2.64. The molecule has 1 aliphatic heterocycles. The molecule has 2 amide bonds. The molecule has 1 fully saturated rings. The third-order valence-electron chi connectivity index (χ3n) is 4.61. The first-order chi connectivity index (χ1) is 12.7. The van der Waals surface area contributed by atoms with Gasteiger partial charge in [0.25, 0.3) is 0 Å². The highest BCUT2D eigenvalue weighted by molar-refractivity contribution is 5.80. The van der Waals surface area contributed by atoms with E-state index in [1.165, 1.54) is 0 Å². The van der Waals surface area contributed by atoms with Crippen molar-refractivity contribution in [1.29, 1.82) is 5.26 Å². The van der Waals surface area contributed by atoms with Gasteiger partial charge in [-0.05, 0) is 52.2 Å². The number of likely N-dealkylation sites (tertiary alicyclic amines) is 1. The van der Waals surface area contributed by atoms with Crippen molar-refractivity contribution in [3.8, 4) is 6.07 Å². The highest BCUT2D eigenvalue weighted by Crippen LogP contribution is 2.22. The first-order valence-corrected chi connectivity index (χ1v) is 9.50. The summed E-state index contributed by atoms with van der Waals surface area (Å²) >= 11 is 0. The van der Waals surface area contributed by atoms with Crippen LogP contribution in [0, 0.1) is 17.2 Å². The molecule has 1 atom stereocenters. The summed E-state index contributed by atoms with van der Waals surface area (Å²) in [6.45, 7) is 9.39. The first-order valence-electron chi connectivity index (χ1n) is 9.50. The Morgan fingerprint density at radius 1 is 1.33 bits per heavy atom. The number of nitrogens with zero attached hydrogens (tertiary/aromatic N) is 3. The number of rotatable bonds is 4. The normalized spacial score (nSPS) is 17.1. The zero-order chi connectivity index (χ0) is 20.0. The molecule has 1 aromatic rings. The maximum Gasteiger partial charge on any atom is 0.410 e. The molecule has 0 bridgehead atoms. The topological polar surface area (TPSA) is 73.6 Å². The first kappa shape index (κ1) is 20.8. The summed E-state index contributed by atoms with van der Waals surface area (Å²) in [6, 6.07) is 9.51. The Labute approximate surface area is 161 Å². The molecule has 6 heteroatoms. The van der Waals surface area contributed by atoms with E-state index < -0.39 is 5.60 Å². The molecule has 0 spiro atoms. The maximum atomic E-state index is 13.1. The van der Waals surface area contributed by atoms with Crippen molar-refractivity contribution in [2.75, 3.05) is 19.6 Å². The number of benzene rings is 1. The van der Waals surface area contributed by atoms with Gasteiger partial charge in [0, 0.05) is 26.2 Å². The van der Waals surface area contributed by atoms with Crippen molar-refractivity contribution in [2.45, 2.75) is 52.7 Å². The lowest BCUT2D eigenvalue weighted by Crippen LogP contribution is -2.47. The fourth-order valence-electron chi connectivity index (χ4n) is 3.25. The quantitative estimate of drug-likeness (QED) is 0.811. The highest BCUT2D eigenvalue weighted by Gasteiger charge is 2.33. The molecular weight excluding hydrogens is 342 g/mol. The number of hydrogen-bond donors (Lipinski definition) is 0. The van der Waals surface area contributed by atoms with Crippen molar-refractivity contribution >= 4 is 12.0 Å². The Morgan fingerprint density at radius 2 is 2.04 bits per heavy atom. The summed E-state index contributed by atoms with van der Waals surface area (Å²) < 4.78 is 5.44. The van der Waals surface area contributed by atoms with Crippen molar-refractivity contribution in [3.63, 3.8) is 0 Å². The van der Waals surface area contributed by atoms with E-state index in [1.807, 2.05) is 45.9 Å². The molecule has 1 aromatic carbocycles. The van der Waals surface area contributed by atoms with Gasteiger partial charge in [-0.2, -0.15) is 5.26 Å². The Morgan fingerprint density at radius 3 is 2.67 bits per heavy atom. The van der Waals surface area contributed by atoms with E-state index in [2.05, 4.69) is 6.07 Å². The molecule has 1 saturated heterocycles. The lowest BCUT2D eigenvalue weighted by molar-refractivity contribution is -0.137. The molecule has 0 saturated carbocycles. The molecule has 27 heavy (non-hydrogen) atoms. The summed E-state index contributed by atoms with van der Waals surface area (Å²) in [7, 11) is 0. The number of nitriles is 1. The molecule has 0 aromatic heterocycles. The van der Waals surface area contributed by atoms with Crippen LogP contribution in [-0.4, -0.2) is 47.0 Å². The van der Waals surface area contributed by atoms with Crippen LogP contribution in [0.2, 0.25) is 0 Å². The van der Waals surface area contributed by atoms with E-state index in [4.69, 9.17) is 4.74 Å². The molecule has 0 radical (unpaired) electrons. The van der Waals surface area contributed by atoms with Crippen LogP contribution in [0.1, 0.15) is 51.7 Å². The van der Waals surface area contributed by atoms with Gasteiger partial charge in [0.2, 0.25) is 5.91 Å².